The van der Waals surface area contributed by atoms with E-state index in [4.69, 9.17) is 10.00 Å². The number of nitrogens with one attached hydrogen (secondary N) is 1. The molecule has 174 valence electrons. The van der Waals surface area contributed by atoms with Crippen molar-refractivity contribution in [3.63, 3.8) is 0 Å². The monoisotopic (exact) mass is 478 g/mol. The Balaban J connectivity index is 1.73. The third kappa shape index (κ3) is 6.21. The molecule has 0 saturated heterocycles. The minimum atomic E-state index is -3.92. The minimum absolute atomic E-state index is 0.00482. The van der Waals surface area contributed by atoms with Crippen LogP contribution in [0.5, 0.6) is 5.75 Å². The standard InChI is InChI=1S/C25H22N2O6S/c1-17(28)27-23-4-2-3-5-24(23)33-15-21(25(29)30)16-34(31,32)22-12-10-20(11-13-22)19-8-6-18(14-26)7-9-19/h2-13,21H,15-16H2,1H3,(H,27,28)(H,29,30). The van der Waals surface area contributed by atoms with Gasteiger partial charge in [0, 0.05) is 6.92 Å². The Labute approximate surface area is 197 Å². The second-order valence-electron chi connectivity index (χ2n) is 7.52. The van der Waals surface area contributed by atoms with Crippen molar-refractivity contribution in [3.8, 4) is 22.9 Å². The van der Waals surface area contributed by atoms with Crippen LogP contribution in [-0.2, 0) is 19.4 Å². The van der Waals surface area contributed by atoms with Crippen LogP contribution in [0.3, 0.4) is 0 Å². The lowest BCUT2D eigenvalue weighted by atomic mass is 10.0. The lowest BCUT2D eigenvalue weighted by Gasteiger charge is -2.16. The summed E-state index contributed by atoms with van der Waals surface area (Å²) in [5.74, 6) is -3.37. The SMILES string of the molecule is CC(=O)Nc1ccccc1OCC(CS(=O)(=O)c1ccc(-c2ccc(C#N)cc2)cc1)C(=O)O. The molecule has 3 aromatic rings. The Kier molecular flexibility index (Phi) is 7.66. The Morgan fingerprint density at radius 1 is 1.00 bits per heavy atom. The summed E-state index contributed by atoms with van der Waals surface area (Å²) in [6.07, 6.45) is 0. The number of nitrogens with zero attached hydrogens (tertiary/aromatic N) is 1. The van der Waals surface area contributed by atoms with Gasteiger partial charge in [0.15, 0.2) is 9.84 Å². The van der Waals surface area contributed by atoms with Gasteiger partial charge in [0.05, 0.1) is 28.0 Å². The molecule has 3 aromatic carbocycles. The average molecular weight is 479 g/mol. The van der Waals surface area contributed by atoms with Crippen LogP contribution in [0.1, 0.15) is 12.5 Å². The number of nitriles is 1. The Hall–Kier alpha value is -4.16. The molecule has 0 fully saturated rings. The van der Waals surface area contributed by atoms with Gasteiger partial charge in [0.1, 0.15) is 18.3 Å². The van der Waals surface area contributed by atoms with Gasteiger partial charge in [-0.25, -0.2) is 8.42 Å². The summed E-state index contributed by atoms with van der Waals surface area (Å²) in [4.78, 5) is 23.1. The summed E-state index contributed by atoms with van der Waals surface area (Å²) in [5.41, 5.74) is 2.46. The summed E-state index contributed by atoms with van der Waals surface area (Å²) in [7, 11) is -3.92. The van der Waals surface area contributed by atoms with Gasteiger partial charge in [0.25, 0.3) is 0 Å². The number of benzene rings is 3. The summed E-state index contributed by atoms with van der Waals surface area (Å²) in [6, 6.07) is 21.5. The topological polar surface area (TPSA) is 134 Å². The van der Waals surface area contributed by atoms with Crippen molar-refractivity contribution in [1.82, 2.24) is 0 Å². The molecule has 8 nitrogen and oxygen atoms in total. The number of aliphatic carboxylic acids is 1. The number of carboxylic acid groups (broad SMARTS) is 1. The summed E-state index contributed by atoms with van der Waals surface area (Å²) in [6.45, 7) is 0.935. The van der Waals surface area contributed by atoms with Crippen molar-refractivity contribution in [2.45, 2.75) is 11.8 Å². The number of carboxylic acids is 1. The van der Waals surface area contributed by atoms with Crippen LogP contribution in [0, 0.1) is 17.2 Å². The van der Waals surface area contributed by atoms with Crippen LogP contribution in [0.4, 0.5) is 5.69 Å². The van der Waals surface area contributed by atoms with E-state index in [2.05, 4.69) is 5.32 Å². The second kappa shape index (κ2) is 10.6. The van der Waals surface area contributed by atoms with E-state index in [1.54, 1.807) is 60.7 Å². The average Bonchev–Trinajstić information content (AvgIpc) is 2.82. The summed E-state index contributed by atoms with van der Waals surface area (Å²) >= 11 is 0. The molecule has 1 unspecified atom stereocenters. The molecule has 0 heterocycles. The highest BCUT2D eigenvalue weighted by Crippen LogP contribution is 2.26. The van der Waals surface area contributed by atoms with Crippen LogP contribution in [-0.4, -0.2) is 37.8 Å². The first-order valence-electron chi connectivity index (χ1n) is 10.2. The largest absolute Gasteiger partial charge is 0.490 e. The van der Waals surface area contributed by atoms with Gasteiger partial charge in [-0.2, -0.15) is 5.26 Å². The third-order valence-electron chi connectivity index (χ3n) is 4.97. The first-order valence-corrected chi connectivity index (χ1v) is 11.9. The highest BCUT2D eigenvalue weighted by molar-refractivity contribution is 7.91. The highest BCUT2D eigenvalue weighted by Gasteiger charge is 2.28. The molecular formula is C25H22N2O6S. The molecule has 0 radical (unpaired) electrons. The minimum Gasteiger partial charge on any atom is -0.490 e. The first kappa shape index (κ1) is 24.5. The molecule has 34 heavy (non-hydrogen) atoms. The van der Waals surface area contributed by atoms with E-state index in [9.17, 15) is 23.1 Å². The van der Waals surface area contributed by atoms with Gasteiger partial charge >= 0.3 is 5.97 Å². The molecule has 0 aliphatic rings. The molecule has 1 amide bonds. The molecular weight excluding hydrogens is 456 g/mol. The number of carbonyl (C=O) groups is 2. The number of hydrogen-bond donors (Lipinski definition) is 2. The lowest BCUT2D eigenvalue weighted by molar-refractivity contribution is -0.141. The van der Waals surface area contributed by atoms with Crippen LogP contribution in [0.2, 0.25) is 0 Å². The molecule has 0 aliphatic heterocycles. The normalized spacial score (nSPS) is 11.8. The smallest absolute Gasteiger partial charge is 0.311 e. The van der Waals surface area contributed by atoms with Crippen LogP contribution >= 0.6 is 0 Å². The predicted molar refractivity (Wildman–Crippen MR) is 126 cm³/mol. The lowest BCUT2D eigenvalue weighted by Crippen LogP contribution is -2.29. The molecule has 3 rings (SSSR count). The van der Waals surface area contributed by atoms with Crippen LogP contribution in [0.25, 0.3) is 11.1 Å². The fraction of sp³-hybridized carbons (Fsp3) is 0.160. The van der Waals surface area contributed by atoms with E-state index in [0.717, 1.165) is 11.1 Å². The number of para-hydroxylation sites is 2. The maximum absolute atomic E-state index is 12.9. The van der Waals surface area contributed by atoms with Gasteiger partial charge < -0.3 is 15.2 Å². The summed E-state index contributed by atoms with van der Waals surface area (Å²) in [5, 5.41) is 21.1. The van der Waals surface area contributed by atoms with Crippen LogP contribution in [0.15, 0.2) is 77.7 Å². The number of hydrogen-bond acceptors (Lipinski definition) is 6. The fourth-order valence-electron chi connectivity index (χ4n) is 3.22. The second-order valence-corrected chi connectivity index (χ2v) is 9.55. The van der Waals surface area contributed by atoms with E-state index < -0.39 is 34.1 Å². The van der Waals surface area contributed by atoms with Gasteiger partial charge in [-0.1, -0.05) is 36.4 Å². The number of sulfone groups is 1. The van der Waals surface area contributed by atoms with Gasteiger partial charge in [-0.3, -0.25) is 9.59 Å². The van der Waals surface area contributed by atoms with Crippen molar-refractivity contribution in [1.29, 1.82) is 5.26 Å². The molecule has 0 aromatic heterocycles. The zero-order valence-electron chi connectivity index (χ0n) is 18.3. The zero-order chi connectivity index (χ0) is 24.7. The van der Waals surface area contributed by atoms with E-state index >= 15 is 0 Å². The van der Waals surface area contributed by atoms with E-state index in [1.165, 1.54) is 19.1 Å². The number of ether oxygens (including phenoxy) is 1. The highest BCUT2D eigenvalue weighted by atomic mass is 32.2. The van der Waals surface area contributed by atoms with Gasteiger partial charge in [-0.15, -0.1) is 0 Å². The Morgan fingerprint density at radius 3 is 2.15 bits per heavy atom. The molecule has 9 heteroatoms. The summed E-state index contributed by atoms with van der Waals surface area (Å²) < 4.78 is 31.3. The van der Waals surface area contributed by atoms with Gasteiger partial charge in [0.2, 0.25) is 5.91 Å². The quantitative estimate of drug-likeness (QED) is 0.478. The fourth-order valence-corrected chi connectivity index (χ4v) is 4.73. The molecule has 0 spiro atoms. The Bertz CT molecular complexity index is 1330. The van der Waals surface area contributed by atoms with Crippen molar-refractivity contribution in [2.24, 2.45) is 5.92 Å². The number of anilines is 1. The third-order valence-corrected chi connectivity index (χ3v) is 6.80. The molecule has 0 aliphatic carbocycles. The first-order chi connectivity index (χ1) is 16.2. The molecule has 1 atom stereocenters. The van der Waals surface area contributed by atoms with E-state index in [-0.39, 0.29) is 16.6 Å². The predicted octanol–water partition coefficient (Wildman–Crippen LogP) is 3.74. The maximum atomic E-state index is 12.9. The maximum Gasteiger partial charge on any atom is 0.311 e. The number of carbonyl (C=O) groups excluding carboxylic acids is 1. The zero-order valence-corrected chi connectivity index (χ0v) is 19.1. The number of amides is 1. The van der Waals surface area contributed by atoms with Crippen molar-refractivity contribution >= 4 is 27.4 Å². The van der Waals surface area contributed by atoms with Crippen LogP contribution < -0.4 is 10.1 Å². The van der Waals surface area contributed by atoms with E-state index in [0.29, 0.717) is 11.3 Å². The number of rotatable bonds is 9. The van der Waals surface area contributed by atoms with Gasteiger partial charge in [-0.05, 0) is 47.5 Å². The Morgan fingerprint density at radius 2 is 1.59 bits per heavy atom. The van der Waals surface area contributed by atoms with Crippen molar-refractivity contribution in [2.75, 3.05) is 17.7 Å². The molecule has 0 bridgehead atoms. The van der Waals surface area contributed by atoms with E-state index in [1.807, 2.05) is 6.07 Å². The van der Waals surface area contributed by atoms with Crippen molar-refractivity contribution < 1.29 is 27.9 Å². The van der Waals surface area contributed by atoms with Crippen molar-refractivity contribution in [3.05, 3.63) is 78.4 Å². The molecule has 2 N–H and O–H groups in total. The molecule has 0 saturated carbocycles.